The number of carbonyl (C=O) groups excluding carboxylic acids is 2. The molecule has 0 aliphatic carbocycles. The molecule has 202 valence electrons. The number of anilines is 2. The van der Waals surface area contributed by atoms with Gasteiger partial charge >= 0.3 is 0 Å². The number of hydrogen-bond donors (Lipinski definition) is 2. The number of rotatable bonds is 8. The summed E-state index contributed by atoms with van der Waals surface area (Å²) >= 11 is 1.67. The standard InChI is InChI=1S/C30H32N4O4S/c1-19-4-10-25-27(16-19)39-30(33-25)21-5-7-22(8-6-21)31-29(36)20-12-14-34(15-13-20)18-28(35)32-24-11-9-23(37-2)17-26(24)38-3/h4-11,16-17,20H,12-15,18H2,1-3H3,(H,31,36)(H,32,35). The van der Waals surface area contributed by atoms with Crippen molar-refractivity contribution in [1.82, 2.24) is 9.88 Å². The van der Waals surface area contributed by atoms with Crippen LogP contribution in [0.3, 0.4) is 0 Å². The van der Waals surface area contributed by atoms with Gasteiger partial charge in [0.1, 0.15) is 16.5 Å². The van der Waals surface area contributed by atoms with E-state index in [-0.39, 0.29) is 24.3 Å². The van der Waals surface area contributed by atoms with Crippen LogP contribution in [0.15, 0.2) is 60.7 Å². The molecule has 2 amide bonds. The number of carbonyl (C=O) groups is 2. The summed E-state index contributed by atoms with van der Waals surface area (Å²) in [5.74, 6) is 1.01. The molecule has 2 N–H and O–H groups in total. The van der Waals surface area contributed by atoms with E-state index < -0.39 is 0 Å². The van der Waals surface area contributed by atoms with Crippen molar-refractivity contribution < 1.29 is 19.1 Å². The van der Waals surface area contributed by atoms with Crippen LogP contribution in [0.2, 0.25) is 0 Å². The average molecular weight is 545 g/mol. The second kappa shape index (κ2) is 11.8. The molecule has 4 aromatic rings. The van der Waals surface area contributed by atoms with E-state index in [0.717, 1.165) is 21.8 Å². The fourth-order valence-corrected chi connectivity index (χ4v) is 5.81. The van der Waals surface area contributed by atoms with E-state index in [4.69, 9.17) is 14.5 Å². The van der Waals surface area contributed by atoms with Crippen LogP contribution in [-0.4, -0.2) is 55.6 Å². The number of methoxy groups -OCH3 is 2. The lowest BCUT2D eigenvalue weighted by atomic mass is 9.95. The van der Waals surface area contributed by atoms with Crippen molar-refractivity contribution in [3.63, 3.8) is 0 Å². The molecule has 1 aliphatic heterocycles. The van der Waals surface area contributed by atoms with Gasteiger partial charge in [-0.2, -0.15) is 0 Å². The van der Waals surface area contributed by atoms with Crippen molar-refractivity contribution in [2.24, 2.45) is 5.92 Å². The highest BCUT2D eigenvalue weighted by molar-refractivity contribution is 7.21. The van der Waals surface area contributed by atoms with E-state index in [1.807, 2.05) is 24.3 Å². The maximum absolute atomic E-state index is 12.9. The Kier molecular flexibility index (Phi) is 8.09. The molecule has 1 aromatic heterocycles. The molecule has 0 saturated carbocycles. The number of benzene rings is 3. The summed E-state index contributed by atoms with van der Waals surface area (Å²) in [5, 5.41) is 6.93. The third kappa shape index (κ3) is 6.38. The van der Waals surface area contributed by atoms with Gasteiger partial charge in [-0.3, -0.25) is 14.5 Å². The molecule has 0 radical (unpaired) electrons. The van der Waals surface area contributed by atoms with Crippen molar-refractivity contribution in [3.8, 4) is 22.1 Å². The molecule has 0 atom stereocenters. The van der Waals surface area contributed by atoms with Crippen LogP contribution in [0.1, 0.15) is 18.4 Å². The van der Waals surface area contributed by atoms with Crippen molar-refractivity contribution in [1.29, 1.82) is 0 Å². The Hall–Kier alpha value is -3.95. The fourth-order valence-electron chi connectivity index (χ4n) is 4.74. The summed E-state index contributed by atoms with van der Waals surface area (Å²) in [6.07, 6.45) is 1.41. The summed E-state index contributed by atoms with van der Waals surface area (Å²) in [5.41, 5.74) is 4.63. The molecule has 5 rings (SSSR count). The molecule has 0 bridgehead atoms. The maximum atomic E-state index is 12.9. The van der Waals surface area contributed by atoms with Crippen molar-refractivity contribution >= 4 is 44.7 Å². The summed E-state index contributed by atoms with van der Waals surface area (Å²) in [6, 6.07) is 19.4. The first-order valence-electron chi connectivity index (χ1n) is 12.9. The van der Waals surface area contributed by atoms with Crippen LogP contribution in [0, 0.1) is 12.8 Å². The van der Waals surface area contributed by atoms with E-state index in [1.54, 1.807) is 43.8 Å². The highest BCUT2D eigenvalue weighted by Gasteiger charge is 2.26. The highest BCUT2D eigenvalue weighted by atomic mass is 32.1. The molecule has 0 spiro atoms. The molecule has 1 aliphatic rings. The molecule has 9 heteroatoms. The van der Waals surface area contributed by atoms with Crippen LogP contribution in [-0.2, 0) is 9.59 Å². The predicted molar refractivity (Wildman–Crippen MR) is 156 cm³/mol. The lowest BCUT2D eigenvalue weighted by molar-refractivity contribution is -0.121. The Morgan fingerprint density at radius 3 is 2.46 bits per heavy atom. The van der Waals surface area contributed by atoms with Gasteiger partial charge in [0.05, 0.1) is 36.7 Å². The lowest BCUT2D eigenvalue weighted by Crippen LogP contribution is -2.41. The fraction of sp³-hybridized carbons (Fsp3) is 0.300. The molecule has 1 fully saturated rings. The number of fused-ring (bicyclic) bond motifs is 1. The number of nitrogens with one attached hydrogen (secondary N) is 2. The summed E-state index contributed by atoms with van der Waals surface area (Å²) in [4.78, 5) is 32.4. The van der Waals surface area contributed by atoms with E-state index >= 15 is 0 Å². The van der Waals surface area contributed by atoms with E-state index in [2.05, 4.69) is 40.7 Å². The second-order valence-electron chi connectivity index (χ2n) is 9.72. The minimum Gasteiger partial charge on any atom is -0.497 e. The Labute approximate surface area is 232 Å². The molecule has 1 saturated heterocycles. The third-order valence-corrected chi connectivity index (χ3v) is 8.02. The first-order valence-corrected chi connectivity index (χ1v) is 13.8. The van der Waals surface area contributed by atoms with Crippen LogP contribution >= 0.6 is 11.3 Å². The van der Waals surface area contributed by atoms with Crippen LogP contribution in [0.5, 0.6) is 11.5 Å². The Balaban J connectivity index is 1.10. The maximum Gasteiger partial charge on any atom is 0.238 e. The van der Waals surface area contributed by atoms with Crippen molar-refractivity contribution in [2.75, 3.05) is 44.5 Å². The molecule has 3 aromatic carbocycles. The number of nitrogens with zero attached hydrogens (tertiary/aromatic N) is 2. The number of ether oxygens (including phenoxy) is 2. The van der Waals surface area contributed by atoms with Gasteiger partial charge in [0, 0.05) is 23.2 Å². The monoisotopic (exact) mass is 544 g/mol. The van der Waals surface area contributed by atoms with E-state index in [1.165, 1.54) is 10.3 Å². The SMILES string of the molecule is COc1ccc(NC(=O)CN2CCC(C(=O)Nc3ccc(-c4nc5ccc(C)cc5s4)cc3)CC2)c(OC)c1. The molecule has 39 heavy (non-hydrogen) atoms. The smallest absolute Gasteiger partial charge is 0.238 e. The molecule has 2 heterocycles. The minimum absolute atomic E-state index is 0.0188. The molecule has 0 unspecified atom stereocenters. The number of likely N-dealkylation sites (tertiary alicyclic amines) is 1. The molecular weight excluding hydrogens is 512 g/mol. The minimum atomic E-state index is -0.121. The first-order chi connectivity index (χ1) is 18.9. The van der Waals surface area contributed by atoms with Gasteiger partial charge in [0.2, 0.25) is 11.8 Å². The highest BCUT2D eigenvalue weighted by Crippen LogP contribution is 2.32. The van der Waals surface area contributed by atoms with Gasteiger partial charge in [-0.25, -0.2) is 4.98 Å². The van der Waals surface area contributed by atoms with Crippen molar-refractivity contribution in [3.05, 3.63) is 66.2 Å². The Morgan fingerprint density at radius 1 is 0.974 bits per heavy atom. The van der Waals surface area contributed by atoms with Crippen LogP contribution in [0.25, 0.3) is 20.8 Å². The lowest BCUT2D eigenvalue weighted by Gasteiger charge is -2.30. The topological polar surface area (TPSA) is 92.8 Å². The summed E-state index contributed by atoms with van der Waals surface area (Å²) < 4.78 is 11.7. The second-order valence-corrected chi connectivity index (χ2v) is 10.8. The van der Waals surface area contributed by atoms with E-state index in [0.29, 0.717) is 43.1 Å². The van der Waals surface area contributed by atoms with Crippen LogP contribution in [0.4, 0.5) is 11.4 Å². The number of aromatic nitrogens is 1. The number of hydrogen-bond acceptors (Lipinski definition) is 7. The van der Waals surface area contributed by atoms with Gasteiger partial charge in [0.25, 0.3) is 0 Å². The number of piperidine rings is 1. The van der Waals surface area contributed by atoms with Crippen LogP contribution < -0.4 is 20.1 Å². The average Bonchev–Trinajstić information content (AvgIpc) is 3.37. The van der Waals surface area contributed by atoms with Gasteiger partial charge in [0.15, 0.2) is 0 Å². The zero-order valence-electron chi connectivity index (χ0n) is 22.3. The Morgan fingerprint density at radius 2 is 1.74 bits per heavy atom. The largest absolute Gasteiger partial charge is 0.497 e. The number of aryl methyl sites for hydroxylation is 1. The van der Waals surface area contributed by atoms with Crippen molar-refractivity contribution in [2.45, 2.75) is 19.8 Å². The molecule has 8 nitrogen and oxygen atoms in total. The first kappa shape index (κ1) is 26.6. The van der Waals surface area contributed by atoms with Gasteiger partial charge in [-0.05, 0) is 86.9 Å². The molecular formula is C30H32N4O4S. The third-order valence-electron chi connectivity index (χ3n) is 6.95. The Bertz CT molecular complexity index is 1480. The number of amides is 2. The zero-order valence-corrected chi connectivity index (χ0v) is 23.1. The number of thiazole rings is 1. The van der Waals surface area contributed by atoms with Gasteiger partial charge < -0.3 is 20.1 Å². The predicted octanol–water partition coefficient (Wildman–Crippen LogP) is 5.58. The van der Waals surface area contributed by atoms with E-state index in [9.17, 15) is 9.59 Å². The zero-order chi connectivity index (χ0) is 27.4. The summed E-state index contributed by atoms with van der Waals surface area (Å²) in [6.45, 7) is 3.71. The van der Waals surface area contributed by atoms with Gasteiger partial charge in [-0.15, -0.1) is 11.3 Å². The summed E-state index contributed by atoms with van der Waals surface area (Å²) in [7, 11) is 3.14. The normalized spacial score (nSPS) is 14.2. The quantitative estimate of drug-likeness (QED) is 0.301. The van der Waals surface area contributed by atoms with Gasteiger partial charge in [-0.1, -0.05) is 6.07 Å².